The zero-order chi connectivity index (χ0) is 17.2. The smallest absolute Gasteiger partial charge is 0.257 e. The average molecular weight is 335 g/mol. The number of hydrogen-bond donors (Lipinski definition) is 0. The van der Waals surface area contributed by atoms with Crippen molar-refractivity contribution >= 4 is 0 Å². The van der Waals surface area contributed by atoms with Crippen LogP contribution in [-0.2, 0) is 12.8 Å². The molecule has 0 amide bonds. The molecule has 4 rings (SSSR count). The molecule has 7 nitrogen and oxygen atoms in total. The monoisotopic (exact) mass is 335 g/mol. The van der Waals surface area contributed by atoms with Gasteiger partial charge in [-0.2, -0.15) is 4.98 Å². The Hall–Kier alpha value is -3.22. The van der Waals surface area contributed by atoms with Gasteiger partial charge in [-0.1, -0.05) is 30.2 Å². The highest BCUT2D eigenvalue weighted by Crippen LogP contribution is 2.25. The van der Waals surface area contributed by atoms with E-state index in [1.54, 1.807) is 6.20 Å². The van der Waals surface area contributed by atoms with E-state index in [1.165, 1.54) is 0 Å². The fraction of sp³-hybridized carbons (Fsp3) is 0.222. The molecular formula is C18H17N5O2. The van der Waals surface area contributed by atoms with Gasteiger partial charge < -0.3 is 9.05 Å². The van der Waals surface area contributed by atoms with Gasteiger partial charge in [0.1, 0.15) is 0 Å². The molecule has 0 fully saturated rings. The molecular weight excluding hydrogens is 318 g/mol. The number of nitrogens with zero attached hydrogens (tertiary/aromatic N) is 5. The van der Waals surface area contributed by atoms with E-state index in [-0.39, 0.29) is 0 Å². The topological polar surface area (TPSA) is 82.8 Å². The molecule has 3 aromatic heterocycles. The summed E-state index contributed by atoms with van der Waals surface area (Å²) in [4.78, 5) is 8.79. The third-order valence-electron chi connectivity index (χ3n) is 3.94. The Morgan fingerprint density at radius 2 is 1.96 bits per heavy atom. The second-order valence-electron chi connectivity index (χ2n) is 5.58. The van der Waals surface area contributed by atoms with Crippen molar-refractivity contribution in [3.8, 4) is 28.7 Å². The Labute approximate surface area is 144 Å². The maximum absolute atomic E-state index is 5.42. The third-order valence-corrected chi connectivity index (χ3v) is 3.94. The molecule has 126 valence electrons. The number of rotatable bonds is 5. The molecule has 7 heteroatoms. The molecule has 0 spiro atoms. The van der Waals surface area contributed by atoms with E-state index >= 15 is 0 Å². The lowest BCUT2D eigenvalue weighted by Gasteiger charge is -2.06. The molecule has 0 saturated carbocycles. The number of imidazole rings is 1. The highest BCUT2D eigenvalue weighted by molar-refractivity contribution is 5.60. The van der Waals surface area contributed by atoms with Gasteiger partial charge in [0, 0.05) is 36.1 Å². The maximum Gasteiger partial charge on any atom is 0.257 e. The molecule has 0 bridgehead atoms. The Bertz CT molecular complexity index is 998. The number of aryl methyl sites for hydroxylation is 2. The summed E-state index contributed by atoms with van der Waals surface area (Å²) in [6.07, 6.45) is 5.17. The largest absolute Gasteiger partial charge is 0.353 e. The van der Waals surface area contributed by atoms with Crippen LogP contribution in [0.4, 0.5) is 0 Å². The molecule has 0 aliphatic carbocycles. The number of hydrogen-bond acceptors (Lipinski definition) is 6. The molecule has 0 atom stereocenters. The summed E-state index contributed by atoms with van der Waals surface area (Å²) >= 11 is 0. The van der Waals surface area contributed by atoms with Crippen molar-refractivity contribution in [2.24, 2.45) is 0 Å². The van der Waals surface area contributed by atoms with Crippen molar-refractivity contribution in [3.05, 3.63) is 54.2 Å². The average Bonchev–Trinajstić information content (AvgIpc) is 3.41. The normalized spacial score (nSPS) is 11.1. The minimum atomic E-state index is 0.508. The zero-order valence-corrected chi connectivity index (χ0v) is 14.0. The summed E-state index contributed by atoms with van der Waals surface area (Å²) in [5.41, 5.74) is 2.68. The molecule has 3 heterocycles. The quantitative estimate of drug-likeness (QED) is 0.553. The van der Waals surface area contributed by atoms with Gasteiger partial charge in [-0.25, -0.2) is 4.98 Å². The first kappa shape index (κ1) is 15.3. The fourth-order valence-electron chi connectivity index (χ4n) is 2.58. The standard InChI is InChI=1S/C18H17N5O2/c1-3-13-11-15(24-21-13)17-19-8-9-23(17)14-7-5-6-12(10-14)18-20-16(4-2)22-25-18/h5-11H,3-4H2,1-2H3. The third kappa shape index (κ3) is 2.84. The highest BCUT2D eigenvalue weighted by Gasteiger charge is 2.14. The first-order valence-electron chi connectivity index (χ1n) is 8.21. The van der Waals surface area contributed by atoms with Gasteiger partial charge in [-0.3, -0.25) is 4.57 Å². The highest BCUT2D eigenvalue weighted by atomic mass is 16.5. The van der Waals surface area contributed by atoms with Gasteiger partial charge in [-0.05, 0) is 24.6 Å². The number of benzene rings is 1. The SMILES string of the molecule is CCc1cc(-c2nccn2-c2cccc(-c3nc(CC)no3)c2)on1. The molecule has 0 N–H and O–H groups in total. The van der Waals surface area contributed by atoms with E-state index in [9.17, 15) is 0 Å². The van der Waals surface area contributed by atoms with E-state index in [4.69, 9.17) is 9.05 Å². The zero-order valence-electron chi connectivity index (χ0n) is 14.0. The van der Waals surface area contributed by atoms with Crippen molar-refractivity contribution in [2.45, 2.75) is 26.7 Å². The van der Waals surface area contributed by atoms with Crippen LogP contribution in [0, 0.1) is 0 Å². The van der Waals surface area contributed by atoms with Crippen LogP contribution < -0.4 is 0 Å². The van der Waals surface area contributed by atoms with E-state index in [0.717, 1.165) is 29.8 Å². The molecule has 25 heavy (non-hydrogen) atoms. The van der Waals surface area contributed by atoms with Crippen molar-refractivity contribution in [2.75, 3.05) is 0 Å². The second kappa shape index (κ2) is 6.35. The molecule has 0 unspecified atom stereocenters. The molecule has 0 aliphatic rings. The van der Waals surface area contributed by atoms with Crippen LogP contribution in [-0.4, -0.2) is 24.8 Å². The Morgan fingerprint density at radius 3 is 2.72 bits per heavy atom. The first-order valence-corrected chi connectivity index (χ1v) is 8.21. The van der Waals surface area contributed by atoms with Crippen LogP contribution in [0.25, 0.3) is 28.7 Å². The van der Waals surface area contributed by atoms with E-state index in [1.807, 2.05) is 54.9 Å². The molecule has 0 saturated heterocycles. The summed E-state index contributed by atoms with van der Waals surface area (Å²) < 4.78 is 12.7. The van der Waals surface area contributed by atoms with Crippen LogP contribution in [0.5, 0.6) is 0 Å². The summed E-state index contributed by atoms with van der Waals surface area (Å²) in [6.45, 7) is 4.03. The van der Waals surface area contributed by atoms with Gasteiger partial charge in [0.15, 0.2) is 11.6 Å². The summed E-state index contributed by atoms with van der Waals surface area (Å²) in [6, 6.07) is 9.77. The lowest BCUT2D eigenvalue weighted by atomic mass is 10.2. The van der Waals surface area contributed by atoms with Crippen molar-refractivity contribution in [3.63, 3.8) is 0 Å². The van der Waals surface area contributed by atoms with E-state index < -0.39 is 0 Å². The fourth-order valence-corrected chi connectivity index (χ4v) is 2.58. The van der Waals surface area contributed by atoms with Gasteiger partial charge in [-0.15, -0.1) is 0 Å². The molecule has 1 aromatic carbocycles. The van der Waals surface area contributed by atoms with Crippen molar-refractivity contribution in [1.29, 1.82) is 0 Å². The van der Waals surface area contributed by atoms with Gasteiger partial charge >= 0.3 is 0 Å². The van der Waals surface area contributed by atoms with Crippen LogP contribution in [0.2, 0.25) is 0 Å². The van der Waals surface area contributed by atoms with Crippen molar-refractivity contribution in [1.82, 2.24) is 24.8 Å². The lowest BCUT2D eigenvalue weighted by molar-refractivity contribution is 0.421. The minimum absolute atomic E-state index is 0.508. The minimum Gasteiger partial charge on any atom is -0.353 e. The Balaban J connectivity index is 1.73. The van der Waals surface area contributed by atoms with Crippen molar-refractivity contribution < 1.29 is 9.05 Å². The predicted octanol–water partition coefficient (Wildman–Crippen LogP) is 3.70. The van der Waals surface area contributed by atoms with E-state index in [0.29, 0.717) is 23.3 Å². The maximum atomic E-state index is 5.42. The molecule has 4 aromatic rings. The van der Waals surface area contributed by atoms with Crippen LogP contribution in [0.1, 0.15) is 25.4 Å². The second-order valence-corrected chi connectivity index (χ2v) is 5.58. The Morgan fingerprint density at radius 1 is 1.04 bits per heavy atom. The van der Waals surface area contributed by atoms with Crippen LogP contribution in [0.3, 0.4) is 0 Å². The number of aromatic nitrogens is 5. The first-order chi connectivity index (χ1) is 12.3. The molecule has 0 radical (unpaired) electrons. The van der Waals surface area contributed by atoms with Gasteiger partial charge in [0.25, 0.3) is 5.89 Å². The van der Waals surface area contributed by atoms with Crippen LogP contribution in [0.15, 0.2) is 51.8 Å². The Kier molecular flexibility index (Phi) is 3.89. The van der Waals surface area contributed by atoms with Crippen LogP contribution >= 0.6 is 0 Å². The lowest BCUT2D eigenvalue weighted by Crippen LogP contribution is -1.96. The summed E-state index contributed by atoms with van der Waals surface area (Å²) in [5.74, 6) is 2.54. The predicted molar refractivity (Wildman–Crippen MR) is 91.1 cm³/mol. The molecule has 0 aliphatic heterocycles. The van der Waals surface area contributed by atoms with E-state index in [2.05, 4.69) is 20.3 Å². The summed E-state index contributed by atoms with van der Waals surface area (Å²) in [5, 5.41) is 7.99. The summed E-state index contributed by atoms with van der Waals surface area (Å²) in [7, 11) is 0. The van der Waals surface area contributed by atoms with Gasteiger partial charge in [0.05, 0.1) is 5.69 Å². The van der Waals surface area contributed by atoms with Gasteiger partial charge in [0.2, 0.25) is 5.76 Å².